The summed E-state index contributed by atoms with van der Waals surface area (Å²) in [7, 11) is 1.83. The van der Waals surface area contributed by atoms with Crippen LogP contribution in [0, 0.1) is 11.8 Å². The van der Waals surface area contributed by atoms with E-state index in [-0.39, 0.29) is 0 Å². The molecule has 0 aromatic carbocycles. The van der Waals surface area contributed by atoms with Gasteiger partial charge in [-0.1, -0.05) is 29.8 Å². The molecular formula is C9H17BrO. The molecule has 1 aliphatic carbocycles. The van der Waals surface area contributed by atoms with Crippen LogP contribution in [-0.4, -0.2) is 18.0 Å². The predicted molar refractivity (Wildman–Crippen MR) is 51.1 cm³/mol. The number of ether oxygens (including phenoxy) is 1. The van der Waals surface area contributed by atoms with Gasteiger partial charge >= 0.3 is 0 Å². The predicted octanol–water partition coefficient (Wildman–Crippen LogP) is 2.83. The zero-order chi connectivity index (χ0) is 8.43. The van der Waals surface area contributed by atoms with Gasteiger partial charge in [0, 0.05) is 11.9 Å². The van der Waals surface area contributed by atoms with Crippen LogP contribution in [0.1, 0.15) is 26.7 Å². The second kappa shape index (κ2) is 3.90. The lowest BCUT2D eigenvalue weighted by molar-refractivity contribution is -0.00456. The zero-order valence-corrected chi connectivity index (χ0v) is 9.10. The molecule has 0 heterocycles. The first-order valence-electron chi connectivity index (χ1n) is 4.32. The highest BCUT2D eigenvalue weighted by atomic mass is 79.9. The molecule has 1 aliphatic rings. The fraction of sp³-hybridized carbons (Fsp3) is 1.00. The number of methoxy groups -OCH3 is 1. The Bertz CT molecular complexity index is 115. The molecule has 0 aliphatic heterocycles. The second-order valence-electron chi connectivity index (χ2n) is 3.72. The normalized spacial score (nSPS) is 45.8. The van der Waals surface area contributed by atoms with E-state index in [2.05, 4.69) is 29.8 Å². The van der Waals surface area contributed by atoms with Crippen LogP contribution in [0.4, 0.5) is 0 Å². The zero-order valence-electron chi connectivity index (χ0n) is 7.51. The molecule has 0 saturated heterocycles. The van der Waals surface area contributed by atoms with E-state index in [1.54, 1.807) is 0 Å². The van der Waals surface area contributed by atoms with E-state index in [0.717, 1.165) is 0 Å². The standard InChI is InChI=1S/C9H17BrO/c1-6-4-8(10)5-7(2)9(6)11-3/h6-9H,4-5H2,1-3H3/t6-,7+,8?,9?. The molecule has 66 valence electrons. The van der Waals surface area contributed by atoms with Gasteiger partial charge in [0.25, 0.3) is 0 Å². The number of alkyl halides is 1. The summed E-state index contributed by atoms with van der Waals surface area (Å²) in [6.07, 6.45) is 2.98. The number of hydrogen-bond acceptors (Lipinski definition) is 1. The molecule has 0 N–H and O–H groups in total. The van der Waals surface area contributed by atoms with Crippen molar-refractivity contribution in [1.82, 2.24) is 0 Å². The van der Waals surface area contributed by atoms with Crippen molar-refractivity contribution in [2.24, 2.45) is 11.8 Å². The first-order valence-corrected chi connectivity index (χ1v) is 5.23. The minimum Gasteiger partial charge on any atom is -0.381 e. The quantitative estimate of drug-likeness (QED) is 0.618. The minimum atomic E-state index is 0.476. The Balaban J connectivity index is 2.52. The van der Waals surface area contributed by atoms with Crippen molar-refractivity contribution in [3.05, 3.63) is 0 Å². The van der Waals surface area contributed by atoms with Gasteiger partial charge < -0.3 is 4.74 Å². The first-order chi connectivity index (χ1) is 5.15. The largest absolute Gasteiger partial charge is 0.381 e. The van der Waals surface area contributed by atoms with Crippen molar-refractivity contribution in [1.29, 1.82) is 0 Å². The summed E-state index contributed by atoms with van der Waals surface area (Å²) >= 11 is 3.67. The van der Waals surface area contributed by atoms with Crippen LogP contribution >= 0.6 is 15.9 Å². The maximum absolute atomic E-state index is 5.44. The molecule has 1 fully saturated rings. The maximum atomic E-state index is 5.44. The summed E-state index contributed by atoms with van der Waals surface area (Å²) in [5.41, 5.74) is 0. The fourth-order valence-electron chi connectivity index (χ4n) is 2.20. The van der Waals surface area contributed by atoms with Crippen LogP contribution < -0.4 is 0 Å². The Morgan fingerprint density at radius 2 is 1.64 bits per heavy atom. The van der Waals surface area contributed by atoms with Gasteiger partial charge in [0.2, 0.25) is 0 Å². The van der Waals surface area contributed by atoms with Gasteiger partial charge in [0.1, 0.15) is 0 Å². The van der Waals surface area contributed by atoms with Crippen molar-refractivity contribution in [2.75, 3.05) is 7.11 Å². The Labute approximate surface area is 77.6 Å². The lowest BCUT2D eigenvalue weighted by atomic mass is 9.80. The summed E-state index contributed by atoms with van der Waals surface area (Å²) < 4.78 is 5.44. The summed E-state index contributed by atoms with van der Waals surface area (Å²) in [6, 6.07) is 0. The van der Waals surface area contributed by atoms with Crippen LogP contribution in [0.2, 0.25) is 0 Å². The molecule has 4 atom stereocenters. The molecular weight excluding hydrogens is 204 g/mol. The summed E-state index contributed by atoms with van der Waals surface area (Å²) in [5.74, 6) is 1.40. The summed E-state index contributed by atoms with van der Waals surface area (Å²) in [6.45, 7) is 4.55. The molecule has 0 amide bonds. The Morgan fingerprint density at radius 1 is 1.18 bits per heavy atom. The maximum Gasteiger partial charge on any atom is 0.0623 e. The smallest absolute Gasteiger partial charge is 0.0623 e. The first kappa shape index (κ1) is 9.53. The van der Waals surface area contributed by atoms with Gasteiger partial charge in [-0.25, -0.2) is 0 Å². The average molecular weight is 221 g/mol. The van der Waals surface area contributed by atoms with Crippen molar-refractivity contribution < 1.29 is 4.74 Å². The lowest BCUT2D eigenvalue weighted by Crippen LogP contribution is -2.35. The van der Waals surface area contributed by atoms with Gasteiger partial charge in [-0.15, -0.1) is 0 Å². The molecule has 1 rings (SSSR count). The van der Waals surface area contributed by atoms with Gasteiger partial charge in [-0.2, -0.15) is 0 Å². The van der Waals surface area contributed by atoms with Gasteiger partial charge in [0.15, 0.2) is 0 Å². The van der Waals surface area contributed by atoms with Crippen LogP contribution in [-0.2, 0) is 4.74 Å². The molecule has 0 aromatic rings. The molecule has 0 spiro atoms. The third-order valence-corrected chi connectivity index (χ3v) is 3.40. The van der Waals surface area contributed by atoms with E-state index in [4.69, 9.17) is 4.74 Å². The monoisotopic (exact) mass is 220 g/mol. The van der Waals surface area contributed by atoms with Crippen LogP contribution in [0.5, 0.6) is 0 Å². The molecule has 0 aromatic heterocycles. The van der Waals surface area contributed by atoms with Gasteiger partial charge in [0.05, 0.1) is 6.10 Å². The van der Waals surface area contributed by atoms with Crippen molar-refractivity contribution in [3.63, 3.8) is 0 Å². The van der Waals surface area contributed by atoms with E-state index < -0.39 is 0 Å². The van der Waals surface area contributed by atoms with E-state index >= 15 is 0 Å². The minimum absolute atomic E-state index is 0.476. The van der Waals surface area contributed by atoms with Crippen LogP contribution in [0.25, 0.3) is 0 Å². The number of hydrogen-bond donors (Lipinski definition) is 0. The molecule has 0 bridgehead atoms. The molecule has 0 radical (unpaired) electrons. The molecule has 2 unspecified atom stereocenters. The average Bonchev–Trinajstić information content (AvgIpc) is 1.85. The van der Waals surface area contributed by atoms with Crippen molar-refractivity contribution >= 4 is 15.9 Å². The SMILES string of the molecule is COC1[C@H](C)CC(Br)C[C@@H]1C. The van der Waals surface area contributed by atoms with Crippen molar-refractivity contribution in [3.8, 4) is 0 Å². The van der Waals surface area contributed by atoms with Crippen molar-refractivity contribution in [2.45, 2.75) is 37.6 Å². The highest BCUT2D eigenvalue weighted by Gasteiger charge is 2.31. The Kier molecular flexibility index (Phi) is 3.38. The third-order valence-electron chi connectivity index (χ3n) is 2.65. The van der Waals surface area contributed by atoms with Gasteiger partial charge in [-0.3, -0.25) is 0 Å². The number of rotatable bonds is 1. The Morgan fingerprint density at radius 3 is 2.00 bits per heavy atom. The molecule has 1 nitrogen and oxygen atoms in total. The summed E-state index contributed by atoms with van der Waals surface area (Å²) in [5, 5.41) is 0. The van der Waals surface area contributed by atoms with E-state index in [1.807, 2.05) is 7.11 Å². The van der Waals surface area contributed by atoms with Crippen LogP contribution in [0.15, 0.2) is 0 Å². The van der Waals surface area contributed by atoms with E-state index in [0.29, 0.717) is 22.8 Å². The van der Waals surface area contributed by atoms with E-state index in [1.165, 1.54) is 12.8 Å². The third kappa shape index (κ3) is 2.19. The highest BCUT2D eigenvalue weighted by molar-refractivity contribution is 9.09. The molecule has 1 saturated carbocycles. The molecule has 2 heteroatoms. The van der Waals surface area contributed by atoms with Crippen LogP contribution in [0.3, 0.4) is 0 Å². The Hall–Kier alpha value is 0.440. The second-order valence-corrected chi connectivity index (χ2v) is 5.02. The topological polar surface area (TPSA) is 9.23 Å². The lowest BCUT2D eigenvalue weighted by Gasteiger charge is -2.35. The fourth-order valence-corrected chi connectivity index (χ4v) is 3.38. The van der Waals surface area contributed by atoms with Gasteiger partial charge in [-0.05, 0) is 24.7 Å². The van der Waals surface area contributed by atoms with E-state index in [9.17, 15) is 0 Å². The number of halogens is 1. The summed E-state index contributed by atoms with van der Waals surface area (Å²) in [4.78, 5) is 0.707. The highest BCUT2D eigenvalue weighted by Crippen LogP contribution is 2.34. The molecule has 11 heavy (non-hydrogen) atoms.